The van der Waals surface area contributed by atoms with E-state index in [0.29, 0.717) is 23.3 Å². The van der Waals surface area contributed by atoms with E-state index in [1.165, 1.54) is 4.68 Å². The van der Waals surface area contributed by atoms with Crippen LogP contribution in [0.5, 0.6) is 5.75 Å². The summed E-state index contributed by atoms with van der Waals surface area (Å²) in [5, 5.41) is 5.00. The molecule has 0 unspecified atom stereocenters. The van der Waals surface area contributed by atoms with Crippen LogP contribution in [0.3, 0.4) is 0 Å². The van der Waals surface area contributed by atoms with Crippen molar-refractivity contribution in [1.29, 1.82) is 0 Å². The normalized spacial score (nSPS) is 12.4. The van der Waals surface area contributed by atoms with E-state index in [1.54, 1.807) is 18.4 Å². The predicted molar refractivity (Wildman–Crippen MR) is 118 cm³/mol. The molecule has 28 heavy (non-hydrogen) atoms. The van der Waals surface area contributed by atoms with E-state index < -0.39 is 0 Å². The van der Waals surface area contributed by atoms with Crippen LogP contribution in [-0.4, -0.2) is 22.5 Å². The van der Waals surface area contributed by atoms with Gasteiger partial charge in [0, 0.05) is 10.4 Å². The second kappa shape index (κ2) is 8.97. The van der Waals surface area contributed by atoms with E-state index in [2.05, 4.69) is 34.5 Å². The number of aromatic nitrogens is 2. The van der Waals surface area contributed by atoms with Gasteiger partial charge in [-0.1, -0.05) is 54.6 Å². The van der Waals surface area contributed by atoms with Gasteiger partial charge in [-0.3, -0.25) is 4.79 Å². The van der Waals surface area contributed by atoms with Crippen molar-refractivity contribution < 1.29 is 4.74 Å². The van der Waals surface area contributed by atoms with E-state index in [0.717, 1.165) is 22.2 Å². The second-order valence-corrected chi connectivity index (χ2v) is 7.39. The zero-order valence-corrected chi connectivity index (χ0v) is 17.5. The van der Waals surface area contributed by atoms with Crippen LogP contribution in [0.4, 0.5) is 0 Å². The maximum absolute atomic E-state index is 13.1. The fourth-order valence-corrected chi connectivity index (χ4v) is 3.10. The molecule has 0 aliphatic heterocycles. The lowest BCUT2D eigenvalue weighted by molar-refractivity contribution is 0.363. The molecular weight excluding hydrogens is 418 g/mol. The van der Waals surface area contributed by atoms with Gasteiger partial charge in [0.2, 0.25) is 0 Å². The number of nitrogens with zero attached hydrogens (tertiary/aromatic N) is 3. The minimum Gasteiger partial charge on any atom is -0.490 e. The first-order valence-corrected chi connectivity index (χ1v) is 9.93. The van der Waals surface area contributed by atoms with Gasteiger partial charge in [-0.2, -0.15) is 9.78 Å². The largest absolute Gasteiger partial charge is 0.490 e. The minimum absolute atomic E-state index is 0.0974. The average molecular weight is 440 g/mol. The summed E-state index contributed by atoms with van der Waals surface area (Å²) in [4.78, 5) is 17.8. The molecule has 3 rings (SSSR count). The van der Waals surface area contributed by atoms with Gasteiger partial charge in [0.1, 0.15) is 18.2 Å². The Morgan fingerprint density at radius 1 is 1.32 bits per heavy atom. The van der Waals surface area contributed by atoms with Crippen LogP contribution in [0, 0.1) is 0 Å². The first-order chi connectivity index (χ1) is 13.5. The van der Waals surface area contributed by atoms with Crippen molar-refractivity contribution in [2.24, 2.45) is 5.10 Å². The molecule has 0 saturated heterocycles. The Bertz CT molecular complexity index is 1090. The number of ether oxygens (including phenoxy) is 1. The Balaban J connectivity index is 2.08. The van der Waals surface area contributed by atoms with Gasteiger partial charge in [0.15, 0.2) is 0 Å². The quantitative estimate of drug-likeness (QED) is 0.379. The highest BCUT2D eigenvalue weighted by Crippen LogP contribution is 2.21. The van der Waals surface area contributed by atoms with Gasteiger partial charge in [0.25, 0.3) is 5.56 Å². The van der Waals surface area contributed by atoms with Crippen LogP contribution in [0.15, 0.2) is 69.5 Å². The lowest BCUT2D eigenvalue weighted by Crippen LogP contribution is -2.23. The molecule has 0 N–H and O–H groups in total. The monoisotopic (exact) mass is 439 g/mol. The fraction of sp³-hybridized carbons (Fsp3) is 0.227. The lowest BCUT2D eigenvalue weighted by Gasteiger charge is -2.14. The molecule has 144 valence electrons. The van der Waals surface area contributed by atoms with Crippen LogP contribution in [-0.2, 0) is 0 Å². The molecule has 0 aliphatic rings. The van der Waals surface area contributed by atoms with Gasteiger partial charge in [0.05, 0.1) is 17.1 Å². The number of hydrogen-bond acceptors (Lipinski definition) is 4. The molecule has 2 aromatic carbocycles. The van der Waals surface area contributed by atoms with Crippen molar-refractivity contribution in [3.63, 3.8) is 0 Å². The summed E-state index contributed by atoms with van der Waals surface area (Å²) >= 11 is 3.42. The van der Waals surface area contributed by atoms with Gasteiger partial charge in [-0.05, 0) is 42.3 Å². The molecule has 6 heteroatoms. The van der Waals surface area contributed by atoms with Crippen LogP contribution in [0.25, 0.3) is 10.9 Å². The number of rotatable bonds is 7. The predicted octanol–water partition coefficient (Wildman–Crippen LogP) is 5.12. The van der Waals surface area contributed by atoms with Crippen molar-refractivity contribution >= 4 is 33.0 Å². The molecule has 0 bridgehead atoms. The molecule has 3 aromatic rings. The van der Waals surface area contributed by atoms with E-state index in [9.17, 15) is 4.79 Å². The van der Waals surface area contributed by atoms with Gasteiger partial charge in [-0.15, -0.1) is 0 Å². The molecule has 0 fully saturated rings. The number of fused-ring (bicyclic) bond motifs is 1. The third kappa shape index (κ3) is 4.39. The molecular formula is C22H22BrN3O2. The summed E-state index contributed by atoms with van der Waals surface area (Å²) in [7, 11) is 0. The van der Waals surface area contributed by atoms with Crippen LogP contribution < -0.4 is 10.3 Å². The van der Waals surface area contributed by atoms with Crippen molar-refractivity contribution in [2.45, 2.75) is 26.2 Å². The fourth-order valence-electron chi connectivity index (χ4n) is 2.74. The topological polar surface area (TPSA) is 56.5 Å². The highest BCUT2D eigenvalue weighted by molar-refractivity contribution is 9.10. The third-order valence-corrected chi connectivity index (χ3v) is 4.93. The third-order valence-electron chi connectivity index (χ3n) is 4.43. The Hall–Kier alpha value is -2.73. The van der Waals surface area contributed by atoms with Crippen LogP contribution in [0.2, 0.25) is 0 Å². The summed E-state index contributed by atoms with van der Waals surface area (Å²) < 4.78 is 7.79. The Morgan fingerprint density at radius 2 is 2.14 bits per heavy atom. The van der Waals surface area contributed by atoms with Gasteiger partial charge < -0.3 is 4.74 Å². The maximum Gasteiger partial charge on any atom is 0.282 e. The molecule has 0 amide bonds. The molecule has 0 saturated carbocycles. The molecule has 0 spiro atoms. The van der Waals surface area contributed by atoms with Gasteiger partial charge >= 0.3 is 0 Å². The first kappa shape index (κ1) is 20.0. The SMILES string of the molecule is C=CCOc1cccc(C=Nn2c([C@H](C)CC)nc3ccc(Br)cc3c2=O)c1. The highest BCUT2D eigenvalue weighted by atomic mass is 79.9. The maximum atomic E-state index is 13.1. The average Bonchev–Trinajstić information content (AvgIpc) is 2.71. The highest BCUT2D eigenvalue weighted by Gasteiger charge is 2.15. The zero-order valence-electron chi connectivity index (χ0n) is 15.9. The Kier molecular flexibility index (Phi) is 6.41. The lowest BCUT2D eigenvalue weighted by atomic mass is 10.1. The van der Waals surface area contributed by atoms with Crippen molar-refractivity contribution in [1.82, 2.24) is 9.66 Å². The van der Waals surface area contributed by atoms with Gasteiger partial charge in [-0.25, -0.2) is 4.98 Å². The Labute approximate surface area is 172 Å². The first-order valence-electron chi connectivity index (χ1n) is 9.13. The van der Waals surface area contributed by atoms with Crippen LogP contribution in [0.1, 0.15) is 37.6 Å². The summed E-state index contributed by atoms with van der Waals surface area (Å²) in [6.07, 6.45) is 4.20. The van der Waals surface area contributed by atoms with Crippen molar-refractivity contribution in [2.75, 3.05) is 6.61 Å². The number of benzene rings is 2. The van der Waals surface area contributed by atoms with E-state index in [-0.39, 0.29) is 11.5 Å². The summed E-state index contributed by atoms with van der Waals surface area (Å²) in [6, 6.07) is 13.0. The smallest absolute Gasteiger partial charge is 0.282 e. The number of halogens is 1. The van der Waals surface area contributed by atoms with E-state index in [4.69, 9.17) is 9.72 Å². The summed E-state index contributed by atoms with van der Waals surface area (Å²) in [6.45, 7) is 8.19. The summed E-state index contributed by atoms with van der Waals surface area (Å²) in [5.74, 6) is 1.47. The molecule has 5 nitrogen and oxygen atoms in total. The zero-order chi connectivity index (χ0) is 20.1. The standard InChI is InChI=1S/C22H22BrN3O2/c1-4-11-28-18-8-6-7-16(12-18)14-24-26-21(15(3)5-2)25-20-10-9-17(23)13-19(20)22(26)27/h4,6-10,12-15H,1,5,11H2,2-3H3/t15-/m1/s1. The molecule has 0 radical (unpaired) electrons. The minimum atomic E-state index is -0.183. The van der Waals surface area contributed by atoms with Crippen LogP contribution >= 0.6 is 15.9 Å². The van der Waals surface area contributed by atoms with E-state index >= 15 is 0 Å². The summed E-state index contributed by atoms with van der Waals surface area (Å²) in [5.41, 5.74) is 1.32. The molecule has 1 aromatic heterocycles. The number of hydrogen-bond donors (Lipinski definition) is 0. The molecule has 0 aliphatic carbocycles. The van der Waals surface area contributed by atoms with Crippen molar-refractivity contribution in [3.05, 3.63) is 81.3 Å². The molecule has 1 heterocycles. The second-order valence-electron chi connectivity index (χ2n) is 6.47. The Morgan fingerprint density at radius 3 is 2.89 bits per heavy atom. The van der Waals surface area contributed by atoms with E-state index in [1.807, 2.05) is 43.3 Å². The van der Waals surface area contributed by atoms with Crippen molar-refractivity contribution in [3.8, 4) is 5.75 Å². The molecule has 1 atom stereocenters.